The number of hydrogen-bond acceptors (Lipinski definition) is 2. The fraction of sp³-hybridized carbons (Fsp3) is 0.462. The van der Waals surface area contributed by atoms with E-state index < -0.39 is 8.07 Å². The lowest BCUT2D eigenvalue weighted by molar-refractivity contribution is -0.119. The number of rotatable bonds is 5. The molecule has 1 unspecified atom stereocenters. The molecule has 0 radical (unpaired) electrons. The Morgan fingerprint density at radius 2 is 1.82 bits per heavy atom. The lowest BCUT2D eigenvalue weighted by atomic mass is 10.2. The molecule has 17 heavy (non-hydrogen) atoms. The molecule has 3 nitrogen and oxygen atoms in total. The first-order valence-electron chi connectivity index (χ1n) is 5.93. The van der Waals surface area contributed by atoms with Crippen molar-refractivity contribution in [1.82, 2.24) is 5.32 Å². The molecule has 0 saturated heterocycles. The van der Waals surface area contributed by atoms with E-state index in [0.717, 1.165) is 0 Å². The molecule has 0 aliphatic heterocycles. The van der Waals surface area contributed by atoms with Crippen LogP contribution < -0.4 is 16.2 Å². The second kappa shape index (κ2) is 5.47. The van der Waals surface area contributed by atoms with E-state index in [2.05, 4.69) is 49.2 Å². The Bertz CT molecular complexity index is 381. The van der Waals surface area contributed by atoms with Crippen LogP contribution in [0.15, 0.2) is 24.3 Å². The van der Waals surface area contributed by atoms with Gasteiger partial charge < -0.3 is 11.1 Å². The molecule has 0 saturated carbocycles. The van der Waals surface area contributed by atoms with Gasteiger partial charge >= 0.3 is 0 Å². The minimum Gasteiger partial charge on any atom is -0.368 e. The molecule has 0 fully saturated rings. The minimum atomic E-state index is -1.21. The number of benzene rings is 1. The predicted molar refractivity (Wildman–Crippen MR) is 74.9 cm³/mol. The summed E-state index contributed by atoms with van der Waals surface area (Å²) in [5.41, 5.74) is 6.37. The van der Waals surface area contributed by atoms with Crippen LogP contribution in [-0.2, 0) is 11.3 Å². The summed E-state index contributed by atoms with van der Waals surface area (Å²) in [7, 11) is -1.21. The van der Waals surface area contributed by atoms with Gasteiger partial charge in [-0.2, -0.15) is 0 Å². The largest absolute Gasteiger partial charge is 0.368 e. The molecule has 4 heteroatoms. The Labute approximate surface area is 104 Å². The second-order valence-electron chi connectivity index (χ2n) is 5.45. The fourth-order valence-corrected chi connectivity index (χ4v) is 2.66. The summed E-state index contributed by atoms with van der Waals surface area (Å²) in [5.74, 6) is -0.316. The molecule has 0 spiro atoms. The molecule has 1 atom stereocenters. The zero-order valence-electron chi connectivity index (χ0n) is 11.1. The number of carbonyl (C=O) groups is 1. The van der Waals surface area contributed by atoms with Gasteiger partial charge in [0.2, 0.25) is 5.91 Å². The van der Waals surface area contributed by atoms with Gasteiger partial charge in [0.05, 0.1) is 14.1 Å². The van der Waals surface area contributed by atoms with Crippen LogP contribution in [0.2, 0.25) is 19.6 Å². The summed E-state index contributed by atoms with van der Waals surface area (Å²) < 4.78 is 0. The highest BCUT2D eigenvalue weighted by Gasteiger charge is 2.15. The summed E-state index contributed by atoms with van der Waals surface area (Å²) in [4.78, 5) is 10.9. The number of amides is 1. The number of hydrogen-bond donors (Lipinski definition) is 2. The normalized spacial score (nSPS) is 13.4. The number of nitrogens with one attached hydrogen (secondary N) is 1. The maximum absolute atomic E-state index is 10.9. The lowest BCUT2D eigenvalue weighted by Crippen LogP contribution is -2.39. The Kier molecular flexibility index (Phi) is 4.48. The highest BCUT2D eigenvalue weighted by Crippen LogP contribution is 2.04. The zero-order chi connectivity index (χ0) is 13.1. The fourth-order valence-electron chi connectivity index (χ4n) is 1.49. The molecule has 1 aromatic rings. The highest BCUT2D eigenvalue weighted by molar-refractivity contribution is 6.88. The third kappa shape index (κ3) is 4.32. The van der Waals surface area contributed by atoms with Crippen molar-refractivity contribution in [3.8, 4) is 0 Å². The molecule has 0 aliphatic rings. The van der Waals surface area contributed by atoms with Gasteiger partial charge in [-0.15, -0.1) is 0 Å². The van der Waals surface area contributed by atoms with Gasteiger partial charge in [-0.1, -0.05) is 49.1 Å². The molecule has 94 valence electrons. The summed E-state index contributed by atoms with van der Waals surface area (Å²) in [6.45, 7) is 9.44. The van der Waals surface area contributed by atoms with E-state index in [-0.39, 0.29) is 11.9 Å². The van der Waals surface area contributed by atoms with Crippen molar-refractivity contribution in [1.29, 1.82) is 0 Å². The number of nitrogens with two attached hydrogens (primary N) is 1. The number of primary amides is 1. The first kappa shape index (κ1) is 13.9. The quantitative estimate of drug-likeness (QED) is 0.772. The third-order valence-electron chi connectivity index (χ3n) is 2.86. The van der Waals surface area contributed by atoms with Crippen LogP contribution in [0.3, 0.4) is 0 Å². The van der Waals surface area contributed by atoms with Crippen molar-refractivity contribution < 1.29 is 4.79 Å². The van der Waals surface area contributed by atoms with Crippen molar-refractivity contribution in [3.05, 3.63) is 29.8 Å². The summed E-state index contributed by atoms with van der Waals surface area (Å²) in [6.07, 6.45) is 0. The van der Waals surface area contributed by atoms with Crippen LogP contribution >= 0.6 is 0 Å². The monoisotopic (exact) mass is 250 g/mol. The van der Waals surface area contributed by atoms with E-state index in [4.69, 9.17) is 5.73 Å². The van der Waals surface area contributed by atoms with Crippen molar-refractivity contribution in [2.75, 3.05) is 0 Å². The molecule has 1 rings (SSSR count). The van der Waals surface area contributed by atoms with Gasteiger partial charge in [-0.05, 0) is 12.5 Å². The van der Waals surface area contributed by atoms with Crippen LogP contribution in [0.5, 0.6) is 0 Å². The maximum Gasteiger partial charge on any atom is 0.234 e. The van der Waals surface area contributed by atoms with Gasteiger partial charge in [0.1, 0.15) is 0 Å². The predicted octanol–water partition coefficient (Wildman–Crippen LogP) is 1.20. The summed E-state index contributed by atoms with van der Waals surface area (Å²) in [6, 6.07) is 8.34. The van der Waals surface area contributed by atoms with Gasteiger partial charge in [-0.3, -0.25) is 4.79 Å². The van der Waals surface area contributed by atoms with E-state index >= 15 is 0 Å². The maximum atomic E-state index is 10.9. The second-order valence-corrected chi connectivity index (χ2v) is 10.5. The van der Waals surface area contributed by atoms with E-state index in [9.17, 15) is 4.79 Å². The van der Waals surface area contributed by atoms with Crippen LogP contribution in [0, 0.1) is 0 Å². The van der Waals surface area contributed by atoms with Crippen molar-refractivity contribution in [2.45, 2.75) is 39.2 Å². The highest BCUT2D eigenvalue weighted by atomic mass is 28.3. The molecule has 1 amide bonds. The van der Waals surface area contributed by atoms with Gasteiger partial charge in [0.15, 0.2) is 0 Å². The molecular weight excluding hydrogens is 228 g/mol. The summed E-state index contributed by atoms with van der Waals surface area (Å²) >= 11 is 0. The first-order chi connectivity index (χ1) is 7.80. The van der Waals surface area contributed by atoms with Crippen molar-refractivity contribution in [3.63, 3.8) is 0 Å². The topological polar surface area (TPSA) is 55.1 Å². The van der Waals surface area contributed by atoms with Crippen molar-refractivity contribution in [2.24, 2.45) is 5.73 Å². The minimum absolute atomic E-state index is 0.285. The van der Waals surface area contributed by atoms with Gasteiger partial charge in [0, 0.05) is 6.54 Å². The average Bonchev–Trinajstić information content (AvgIpc) is 2.25. The van der Waals surface area contributed by atoms with Crippen LogP contribution in [0.4, 0.5) is 0 Å². The SMILES string of the molecule is CC(NCc1ccc([Si](C)(C)C)cc1)C(N)=O. The van der Waals surface area contributed by atoms with Crippen LogP contribution in [0.1, 0.15) is 12.5 Å². The Hall–Kier alpha value is -1.13. The molecule has 0 aliphatic carbocycles. The molecule has 0 aromatic heterocycles. The van der Waals surface area contributed by atoms with E-state index in [1.54, 1.807) is 6.92 Å². The lowest BCUT2D eigenvalue weighted by Gasteiger charge is -2.17. The Balaban J connectivity index is 2.60. The molecule has 1 aromatic carbocycles. The molecular formula is C13H22N2OSi. The van der Waals surface area contributed by atoms with Crippen LogP contribution in [-0.4, -0.2) is 20.0 Å². The van der Waals surface area contributed by atoms with Crippen molar-refractivity contribution >= 4 is 19.2 Å². The van der Waals surface area contributed by atoms with Gasteiger partial charge in [-0.25, -0.2) is 0 Å². The van der Waals surface area contributed by atoms with E-state index in [1.165, 1.54) is 10.8 Å². The van der Waals surface area contributed by atoms with E-state index in [1.807, 2.05) is 0 Å². The van der Waals surface area contributed by atoms with Crippen LogP contribution in [0.25, 0.3) is 0 Å². The first-order valence-corrected chi connectivity index (χ1v) is 9.43. The standard InChI is InChI=1S/C13H22N2OSi/c1-10(13(14)16)15-9-11-5-7-12(8-6-11)17(2,3)4/h5-8,10,15H,9H2,1-4H3,(H2,14,16). The third-order valence-corrected chi connectivity index (χ3v) is 4.92. The number of carbonyl (C=O) groups excluding carboxylic acids is 1. The van der Waals surface area contributed by atoms with E-state index in [0.29, 0.717) is 6.54 Å². The zero-order valence-corrected chi connectivity index (χ0v) is 12.1. The summed E-state index contributed by atoms with van der Waals surface area (Å²) in [5, 5.41) is 4.54. The molecule has 3 N–H and O–H groups in total. The molecule has 0 bridgehead atoms. The van der Waals surface area contributed by atoms with Gasteiger partial charge in [0.25, 0.3) is 0 Å². The smallest absolute Gasteiger partial charge is 0.234 e. The molecule has 0 heterocycles. The Morgan fingerprint density at radius 3 is 2.24 bits per heavy atom. The Morgan fingerprint density at radius 1 is 1.29 bits per heavy atom. The average molecular weight is 250 g/mol.